The summed E-state index contributed by atoms with van der Waals surface area (Å²) in [7, 11) is 4.04. The van der Waals surface area contributed by atoms with Crippen LogP contribution in [0.25, 0.3) is 0 Å². The molecule has 1 aliphatic rings. The van der Waals surface area contributed by atoms with Gasteiger partial charge in [0, 0.05) is 25.2 Å². The molecule has 5 nitrogen and oxygen atoms in total. The van der Waals surface area contributed by atoms with E-state index in [-0.39, 0.29) is 30.1 Å². The SMILES string of the molecule is CCC(C)NC(=O)C(C)N1CC(O)CC1CN(C)C. The van der Waals surface area contributed by atoms with E-state index in [2.05, 4.69) is 22.0 Å². The molecule has 1 amide bonds. The van der Waals surface area contributed by atoms with E-state index in [1.165, 1.54) is 0 Å². The molecular formula is C14H29N3O2. The summed E-state index contributed by atoms with van der Waals surface area (Å²) in [5.41, 5.74) is 0. The molecule has 1 fully saturated rings. The predicted octanol–water partition coefficient (Wildman–Crippen LogP) is 0.286. The molecule has 1 saturated heterocycles. The topological polar surface area (TPSA) is 55.8 Å². The van der Waals surface area contributed by atoms with Gasteiger partial charge in [0.15, 0.2) is 0 Å². The molecule has 0 radical (unpaired) electrons. The zero-order chi connectivity index (χ0) is 14.6. The number of nitrogens with one attached hydrogen (secondary N) is 1. The maximum Gasteiger partial charge on any atom is 0.237 e. The third kappa shape index (κ3) is 4.75. The lowest BCUT2D eigenvalue weighted by Crippen LogP contribution is -2.51. The van der Waals surface area contributed by atoms with Crippen LogP contribution in [0.15, 0.2) is 0 Å². The second-order valence-corrected chi connectivity index (χ2v) is 6.00. The van der Waals surface area contributed by atoms with Gasteiger partial charge >= 0.3 is 0 Å². The Labute approximate surface area is 117 Å². The second-order valence-electron chi connectivity index (χ2n) is 6.00. The third-order valence-electron chi connectivity index (χ3n) is 3.89. The lowest BCUT2D eigenvalue weighted by Gasteiger charge is -2.31. The number of hydrogen-bond acceptors (Lipinski definition) is 4. The van der Waals surface area contributed by atoms with E-state index in [0.717, 1.165) is 19.4 Å². The highest BCUT2D eigenvalue weighted by atomic mass is 16.3. The van der Waals surface area contributed by atoms with Crippen molar-refractivity contribution in [2.75, 3.05) is 27.2 Å². The average Bonchev–Trinajstić information content (AvgIpc) is 2.67. The molecule has 0 bridgehead atoms. The van der Waals surface area contributed by atoms with Crippen molar-refractivity contribution in [3.8, 4) is 0 Å². The maximum absolute atomic E-state index is 12.2. The van der Waals surface area contributed by atoms with Crippen molar-refractivity contribution in [3.63, 3.8) is 0 Å². The number of carbonyl (C=O) groups is 1. The predicted molar refractivity (Wildman–Crippen MR) is 77.0 cm³/mol. The van der Waals surface area contributed by atoms with E-state index in [1.807, 2.05) is 27.9 Å². The highest BCUT2D eigenvalue weighted by Crippen LogP contribution is 2.21. The lowest BCUT2D eigenvalue weighted by atomic mass is 10.1. The number of hydrogen-bond donors (Lipinski definition) is 2. The van der Waals surface area contributed by atoms with Gasteiger partial charge in [-0.05, 0) is 40.8 Å². The van der Waals surface area contributed by atoms with Crippen molar-refractivity contribution in [2.24, 2.45) is 0 Å². The Morgan fingerprint density at radius 3 is 2.63 bits per heavy atom. The first-order chi connectivity index (χ1) is 8.85. The lowest BCUT2D eigenvalue weighted by molar-refractivity contribution is -0.127. The summed E-state index contributed by atoms with van der Waals surface area (Å²) in [6.45, 7) is 7.47. The van der Waals surface area contributed by atoms with Crippen LogP contribution < -0.4 is 5.32 Å². The zero-order valence-corrected chi connectivity index (χ0v) is 12.9. The Hall–Kier alpha value is -0.650. The third-order valence-corrected chi connectivity index (χ3v) is 3.89. The largest absolute Gasteiger partial charge is 0.392 e. The van der Waals surface area contributed by atoms with Gasteiger partial charge in [-0.3, -0.25) is 9.69 Å². The van der Waals surface area contributed by atoms with Crippen LogP contribution in [0.5, 0.6) is 0 Å². The van der Waals surface area contributed by atoms with Crippen molar-refractivity contribution >= 4 is 5.91 Å². The van der Waals surface area contributed by atoms with Gasteiger partial charge in [0.2, 0.25) is 5.91 Å². The highest BCUT2D eigenvalue weighted by Gasteiger charge is 2.36. The number of aliphatic hydroxyl groups excluding tert-OH is 1. The minimum absolute atomic E-state index is 0.0622. The van der Waals surface area contributed by atoms with Crippen LogP contribution in [0.3, 0.4) is 0 Å². The Bertz CT molecular complexity index is 296. The summed E-state index contributed by atoms with van der Waals surface area (Å²) in [5, 5.41) is 12.9. The summed E-state index contributed by atoms with van der Waals surface area (Å²) < 4.78 is 0. The zero-order valence-electron chi connectivity index (χ0n) is 12.9. The standard InChI is InChI=1S/C14H29N3O2/c1-6-10(2)15-14(19)11(3)17-9-13(18)7-12(17)8-16(4)5/h10-13,18H,6-9H2,1-5H3,(H,15,19). The molecule has 112 valence electrons. The maximum atomic E-state index is 12.2. The van der Waals surface area contributed by atoms with Gasteiger partial charge in [-0.15, -0.1) is 0 Å². The van der Waals surface area contributed by atoms with Gasteiger partial charge in [-0.2, -0.15) is 0 Å². The molecule has 1 rings (SSSR count). The summed E-state index contributed by atoms with van der Waals surface area (Å²) in [4.78, 5) is 16.4. The van der Waals surface area contributed by atoms with Crippen LogP contribution in [0.1, 0.15) is 33.6 Å². The van der Waals surface area contributed by atoms with E-state index in [4.69, 9.17) is 0 Å². The quantitative estimate of drug-likeness (QED) is 0.729. The second kappa shape index (κ2) is 7.22. The van der Waals surface area contributed by atoms with Crippen LogP contribution >= 0.6 is 0 Å². The van der Waals surface area contributed by atoms with E-state index >= 15 is 0 Å². The van der Waals surface area contributed by atoms with Gasteiger partial charge < -0.3 is 15.3 Å². The molecule has 0 aromatic heterocycles. The van der Waals surface area contributed by atoms with Gasteiger partial charge in [0.25, 0.3) is 0 Å². The van der Waals surface area contributed by atoms with Crippen LogP contribution in [0.2, 0.25) is 0 Å². The van der Waals surface area contributed by atoms with Crippen molar-refractivity contribution < 1.29 is 9.90 Å². The fourth-order valence-electron chi connectivity index (χ4n) is 2.61. The minimum atomic E-state index is -0.316. The molecular weight excluding hydrogens is 242 g/mol. The van der Waals surface area contributed by atoms with Crippen LogP contribution in [-0.4, -0.2) is 72.2 Å². The minimum Gasteiger partial charge on any atom is -0.392 e. The molecule has 0 aliphatic carbocycles. The average molecular weight is 271 g/mol. The van der Waals surface area contributed by atoms with Crippen molar-refractivity contribution in [2.45, 2.75) is 57.8 Å². The number of likely N-dealkylation sites (N-methyl/N-ethyl adjacent to an activating group) is 1. The fourth-order valence-corrected chi connectivity index (χ4v) is 2.61. The van der Waals surface area contributed by atoms with E-state index in [9.17, 15) is 9.90 Å². The van der Waals surface area contributed by atoms with E-state index in [1.54, 1.807) is 0 Å². The molecule has 1 aliphatic heterocycles. The molecule has 0 saturated carbocycles. The van der Waals surface area contributed by atoms with Gasteiger partial charge in [0.05, 0.1) is 12.1 Å². The van der Waals surface area contributed by atoms with Gasteiger partial charge in [-0.25, -0.2) is 0 Å². The molecule has 1 heterocycles. The van der Waals surface area contributed by atoms with Crippen molar-refractivity contribution in [1.29, 1.82) is 0 Å². The number of likely N-dealkylation sites (tertiary alicyclic amines) is 1. The number of nitrogens with zero attached hydrogens (tertiary/aromatic N) is 2. The Morgan fingerprint density at radius 1 is 1.47 bits per heavy atom. The normalized spacial score (nSPS) is 27.5. The molecule has 0 spiro atoms. The Kier molecular flexibility index (Phi) is 6.23. The van der Waals surface area contributed by atoms with Gasteiger partial charge in [0.1, 0.15) is 0 Å². The van der Waals surface area contributed by atoms with Crippen molar-refractivity contribution in [3.05, 3.63) is 0 Å². The Morgan fingerprint density at radius 2 is 2.11 bits per heavy atom. The first-order valence-electron chi connectivity index (χ1n) is 7.24. The molecule has 19 heavy (non-hydrogen) atoms. The molecule has 2 N–H and O–H groups in total. The number of amides is 1. The van der Waals surface area contributed by atoms with Crippen LogP contribution in [0.4, 0.5) is 0 Å². The van der Waals surface area contributed by atoms with Gasteiger partial charge in [-0.1, -0.05) is 6.92 Å². The molecule has 0 aromatic rings. The number of rotatable bonds is 6. The highest BCUT2D eigenvalue weighted by molar-refractivity contribution is 5.81. The van der Waals surface area contributed by atoms with E-state index in [0.29, 0.717) is 6.54 Å². The fraction of sp³-hybridized carbons (Fsp3) is 0.929. The molecule has 5 heteroatoms. The smallest absolute Gasteiger partial charge is 0.237 e. The molecule has 4 atom stereocenters. The van der Waals surface area contributed by atoms with Crippen LogP contribution in [-0.2, 0) is 4.79 Å². The number of carbonyl (C=O) groups excluding carboxylic acids is 1. The number of aliphatic hydroxyl groups is 1. The first-order valence-corrected chi connectivity index (χ1v) is 7.24. The monoisotopic (exact) mass is 271 g/mol. The number of β-amino-alcohol motifs (C(OH)–C–C–N with tert-alkyl or cyclic N) is 1. The molecule has 0 aromatic carbocycles. The van der Waals surface area contributed by atoms with E-state index < -0.39 is 0 Å². The Balaban J connectivity index is 2.62. The summed E-state index contributed by atoms with van der Waals surface area (Å²) >= 11 is 0. The first kappa shape index (κ1) is 16.4. The molecule has 4 unspecified atom stereocenters. The summed E-state index contributed by atoms with van der Waals surface area (Å²) in [6.07, 6.45) is 1.37. The van der Waals surface area contributed by atoms with Crippen molar-refractivity contribution in [1.82, 2.24) is 15.1 Å². The summed E-state index contributed by atoms with van der Waals surface area (Å²) in [5.74, 6) is 0.0622. The van der Waals surface area contributed by atoms with Crippen LogP contribution in [0, 0.1) is 0 Å². The summed E-state index contributed by atoms with van der Waals surface area (Å²) in [6, 6.07) is 0.272.